The van der Waals surface area contributed by atoms with E-state index in [-0.39, 0.29) is 17.5 Å². The molecule has 2 rings (SSSR count). The predicted octanol–water partition coefficient (Wildman–Crippen LogP) is 2.02. The zero-order valence-corrected chi connectivity index (χ0v) is 12.6. The van der Waals surface area contributed by atoms with Gasteiger partial charge in [-0.2, -0.15) is 0 Å². The molecule has 2 aromatic rings. The number of hydrogen-bond acceptors (Lipinski definition) is 3. The number of para-hydroxylation sites is 1. The van der Waals surface area contributed by atoms with E-state index in [0.717, 1.165) is 0 Å². The van der Waals surface area contributed by atoms with Gasteiger partial charge < -0.3 is 10.3 Å². The third-order valence-corrected chi connectivity index (χ3v) is 3.64. The molecule has 0 fully saturated rings. The highest BCUT2D eigenvalue weighted by atomic mass is 16.1. The second kappa shape index (κ2) is 6.52. The van der Waals surface area contributed by atoms with Gasteiger partial charge in [0, 0.05) is 18.9 Å². The SMILES string of the molecule is CC(C)[C@@H](C)NC(=O)CCc1nc2ccccc2c(=O)[nH]1. The smallest absolute Gasteiger partial charge is 0.258 e. The standard InChI is InChI=1S/C16H21N3O2/c1-10(2)11(3)17-15(20)9-8-14-18-13-7-5-4-6-12(13)16(21)19-14/h4-7,10-11H,8-9H2,1-3H3,(H,17,20)(H,18,19,21)/t11-/m1/s1. The van der Waals surface area contributed by atoms with Crippen LogP contribution in [0.3, 0.4) is 0 Å². The van der Waals surface area contributed by atoms with Crippen LogP contribution in [0.1, 0.15) is 33.0 Å². The van der Waals surface area contributed by atoms with Gasteiger partial charge in [-0.15, -0.1) is 0 Å². The number of amides is 1. The highest BCUT2D eigenvalue weighted by Gasteiger charge is 2.11. The lowest BCUT2D eigenvalue weighted by atomic mass is 10.1. The second-order valence-electron chi connectivity index (χ2n) is 5.63. The first-order chi connectivity index (χ1) is 9.97. The lowest BCUT2D eigenvalue weighted by Crippen LogP contribution is -2.36. The first-order valence-corrected chi connectivity index (χ1v) is 7.24. The molecule has 0 saturated carbocycles. The van der Waals surface area contributed by atoms with E-state index >= 15 is 0 Å². The molecule has 112 valence electrons. The van der Waals surface area contributed by atoms with Crippen LogP contribution in [0.15, 0.2) is 29.1 Å². The Morgan fingerprint density at radius 2 is 2.00 bits per heavy atom. The van der Waals surface area contributed by atoms with Crippen LogP contribution < -0.4 is 10.9 Å². The highest BCUT2D eigenvalue weighted by Crippen LogP contribution is 2.07. The minimum atomic E-state index is -0.161. The molecule has 0 bridgehead atoms. The third-order valence-electron chi connectivity index (χ3n) is 3.64. The summed E-state index contributed by atoms with van der Waals surface area (Å²) in [6.07, 6.45) is 0.745. The molecule has 1 aromatic carbocycles. The zero-order chi connectivity index (χ0) is 15.4. The Labute approximate surface area is 123 Å². The maximum absolute atomic E-state index is 11.9. The lowest BCUT2D eigenvalue weighted by Gasteiger charge is -2.17. The predicted molar refractivity (Wildman–Crippen MR) is 83.1 cm³/mol. The Morgan fingerprint density at radius 3 is 2.71 bits per heavy atom. The van der Waals surface area contributed by atoms with Crippen LogP contribution >= 0.6 is 0 Å². The van der Waals surface area contributed by atoms with E-state index < -0.39 is 0 Å². The van der Waals surface area contributed by atoms with Gasteiger partial charge in [0.05, 0.1) is 10.9 Å². The molecule has 5 heteroatoms. The topological polar surface area (TPSA) is 74.8 Å². The van der Waals surface area contributed by atoms with E-state index in [1.165, 1.54) is 0 Å². The number of hydrogen-bond donors (Lipinski definition) is 2. The van der Waals surface area contributed by atoms with E-state index in [0.29, 0.717) is 35.5 Å². The summed E-state index contributed by atoms with van der Waals surface area (Å²) in [6.45, 7) is 6.11. The summed E-state index contributed by atoms with van der Waals surface area (Å²) in [6, 6.07) is 7.33. The van der Waals surface area contributed by atoms with Crippen LogP contribution in [0.5, 0.6) is 0 Å². The Kier molecular flexibility index (Phi) is 4.73. The molecule has 1 amide bonds. The summed E-state index contributed by atoms with van der Waals surface area (Å²) in [5.41, 5.74) is 0.499. The monoisotopic (exact) mass is 287 g/mol. The molecule has 0 saturated heterocycles. The number of aryl methyl sites for hydroxylation is 1. The van der Waals surface area contributed by atoms with Crippen molar-refractivity contribution in [1.82, 2.24) is 15.3 Å². The number of H-pyrrole nitrogens is 1. The van der Waals surface area contributed by atoms with E-state index in [9.17, 15) is 9.59 Å². The average Bonchev–Trinajstić information content (AvgIpc) is 2.45. The Morgan fingerprint density at radius 1 is 1.29 bits per heavy atom. The summed E-state index contributed by atoms with van der Waals surface area (Å²) in [4.78, 5) is 30.9. The largest absolute Gasteiger partial charge is 0.353 e. The van der Waals surface area contributed by atoms with Crippen LogP contribution in [0.25, 0.3) is 10.9 Å². The van der Waals surface area contributed by atoms with E-state index in [1.54, 1.807) is 18.2 Å². The van der Waals surface area contributed by atoms with Crippen molar-refractivity contribution in [2.75, 3.05) is 0 Å². The van der Waals surface area contributed by atoms with E-state index in [2.05, 4.69) is 29.1 Å². The summed E-state index contributed by atoms with van der Waals surface area (Å²) in [5, 5.41) is 3.51. The van der Waals surface area contributed by atoms with Gasteiger partial charge in [-0.05, 0) is 25.0 Å². The van der Waals surface area contributed by atoms with Gasteiger partial charge in [-0.25, -0.2) is 4.98 Å². The number of aromatic nitrogens is 2. The van der Waals surface area contributed by atoms with Crippen molar-refractivity contribution in [2.45, 2.75) is 39.7 Å². The number of benzene rings is 1. The molecule has 1 atom stereocenters. The number of carbonyl (C=O) groups excluding carboxylic acids is 1. The van der Waals surface area contributed by atoms with E-state index in [4.69, 9.17) is 0 Å². The van der Waals surface area contributed by atoms with Gasteiger partial charge in [0.2, 0.25) is 5.91 Å². The number of carbonyl (C=O) groups is 1. The summed E-state index contributed by atoms with van der Waals surface area (Å²) in [7, 11) is 0. The number of nitrogens with one attached hydrogen (secondary N) is 2. The van der Waals surface area contributed by atoms with Crippen LogP contribution in [0.2, 0.25) is 0 Å². The molecule has 0 aliphatic rings. The molecule has 0 spiro atoms. The van der Waals surface area contributed by atoms with Gasteiger partial charge in [-0.3, -0.25) is 9.59 Å². The maximum atomic E-state index is 11.9. The van der Waals surface area contributed by atoms with Crippen molar-refractivity contribution in [3.05, 3.63) is 40.4 Å². The molecule has 5 nitrogen and oxygen atoms in total. The van der Waals surface area contributed by atoms with Gasteiger partial charge in [0.15, 0.2) is 0 Å². The first kappa shape index (κ1) is 15.2. The highest BCUT2D eigenvalue weighted by molar-refractivity contribution is 5.78. The molecule has 0 aliphatic carbocycles. The fourth-order valence-electron chi connectivity index (χ4n) is 1.98. The number of aromatic amines is 1. The van der Waals surface area contributed by atoms with Gasteiger partial charge in [-0.1, -0.05) is 26.0 Å². The molecular weight excluding hydrogens is 266 g/mol. The van der Waals surface area contributed by atoms with Crippen molar-refractivity contribution in [3.63, 3.8) is 0 Å². The number of rotatable bonds is 5. The molecule has 0 radical (unpaired) electrons. The normalized spacial score (nSPS) is 12.6. The van der Waals surface area contributed by atoms with Crippen LogP contribution in [-0.4, -0.2) is 21.9 Å². The van der Waals surface area contributed by atoms with Crippen LogP contribution in [0.4, 0.5) is 0 Å². The molecule has 1 heterocycles. The quantitative estimate of drug-likeness (QED) is 0.883. The molecule has 2 N–H and O–H groups in total. The lowest BCUT2D eigenvalue weighted by molar-refractivity contribution is -0.121. The number of nitrogens with zero attached hydrogens (tertiary/aromatic N) is 1. The second-order valence-corrected chi connectivity index (χ2v) is 5.63. The fourth-order valence-corrected chi connectivity index (χ4v) is 1.98. The molecule has 0 aliphatic heterocycles. The Hall–Kier alpha value is -2.17. The summed E-state index contributed by atoms with van der Waals surface area (Å²) >= 11 is 0. The third kappa shape index (κ3) is 3.90. The zero-order valence-electron chi connectivity index (χ0n) is 12.6. The molecule has 1 aromatic heterocycles. The van der Waals surface area contributed by atoms with Crippen LogP contribution in [-0.2, 0) is 11.2 Å². The van der Waals surface area contributed by atoms with Gasteiger partial charge >= 0.3 is 0 Å². The minimum absolute atomic E-state index is 0.0213. The van der Waals surface area contributed by atoms with E-state index in [1.807, 2.05) is 13.0 Å². The van der Waals surface area contributed by atoms with Gasteiger partial charge in [0.1, 0.15) is 5.82 Å². The van der Waals surface area contributed by atoms with Crippen molar-refractivity contribution in [2.24, 2.45) is 5.92 Å². The molecular formula is C16H21N3O2. The van der Waals surface area contributed by atoms with Crippen molar-refractivity contribution >= 4 is 16.8 Å². The van der Waals surface area contributed by atoms with Crippen molar-refractivity contribution in [3.8, 4) is 0 Å². The average molecular weight is 287 g/mol. The molecule has 0 unspecified atom stereocenters. The van der Waals surface area contributed by atoms with Gasteiger partial charge in [0.25, 0.3) is 5.56 Å². The maximum Gasteiger partial charge on any atom is 0.258 e. The Balaban J connectivity index is 2.04. The fraction of sp³-hybridized carbons (Fsp3) is 0.438. The Bertz CT molecular complexity index is 691. The molecule has 21 heavy (non-hydrogen) atoms. The summed E-state index contributed by atoms with van der Waals surface area (Å²) in [5.74, 6) is 0.922. The van der Waals surface area contributed by atoms with Crippen molar-refractivity contribution in [1.29, 1.82) is 0 Å². The minimum Gasteiger partial charge on any atom is -0.353 e. The van der Waals surface area contributed by atoms with Crippen molar-refractivity contribution < 1.29 is 4.79 Å². The summed E-state index contributed by atoms with van der Waals surface area (Å²) < 4.78 is 0. The number of fused-ring (bicyclic) bond motifs is 1. The van der Waals surface area contributed by atoms with Crippen LogP contribution in [0, 0.1) is 5.92 Å². The first-order valence-electron chi connectivity index (χ1n) is 7.24.